The molecule has 5 rings (SSSR count). The first-order valence-electron chi connectivity index (χ1n) is 11.0. The normalized spacial score (nSPS) is 17.5. The summed E-state index contributed by atoms with van der Waals surface area (Å²) in [6.45, 7) is 9.38. The molecule has 1 atom stereocenters. The molecule has 0 bridgehead atoms. The monoisotopic (exact) mass is 420 g/mol. The van der Waals surface area contributed by atoms with Crippen LogP contribution in [0, 0.1) is 6.92 Å². The van der Waals surface area contributed by atoms with E-state index >= 15 is 0 Å². The van der Waals surface area contributed by atoms with Crippen LogP contribution in [0.15, 0.2) is 42.5 Å². The quantitative estimate of drug-likeness (QED) is 0.628. The number of fused-ring (bicyclic) bond motifs is 1. The lowest BCUT2D eigenvalue weighted by Gasteiger charge is -2.39. The van der Waals surface area contributed by atoms with E-state index in [1.165, 1.54) is 11.3 Å². The van der Waals surface area contributed by atoms with E-state index in [-0.39, 0.29) is 6.04 Å². The molecule has 0 radical (unpaired) electrons. The van der Waals surface area contributed by atoms with Gasteiger partial charge in [-0.1, -0.05) is 24.6 Å². The van der Waals surface area contributed by atoms with Crippen molar-refractivity contribution in [3.8, 4) is 17.2 Å². The van der Waals surface area contributed by atoms with E-state index in [2.05, 4.69) is 63.4 Å². The van der Waals surface area contributed by atoms with Crippen LogP contribution in [0.4, 0.5) is 5.69 Å². The van der Waals surface area contributed by atoms with E-state index in [1.54, 1.807) is 0 Å². The number of anilines is 1. The predicted molar refractivity (Wildman–Crippen MR) is 118 cm³/mol. The maximum absolute atomic E-state index is 5.74. The number of hydrogen-bond acceptors (Lipinski definition) is 7. The molecule has 0 spiro atoms. The Hall–Kier alpha value is -3.13. The van der Waals surface area contributed by atoms with E-state index in [9.17, 15) is 0 Å². The van der Waals surface area contributed by atoms with Gasteiger partial charge in [0.1, 0.15) is 13.2 Å². The lowest BCUT2D eigenvalue weighted by atomic mass is 10.1. The second kappa shape index (κ2) is 8.55. The standard InChI is InChI=1S/C23H28N6O2/c1-3-20(28-12-10-27(11-13-28)18-6-4-17(2)5-7-18)23-24-25-26-29(23)19-8-9-21-22(16-19)31-15-14-30-21/h4-9,16,20H,3,10-15H2,1-2H3. The molecule has 0 saturated carbocycles. The average molecular weight is 421 g/mol. The minimum atomic E-state index is 0.156. The van der Waals surface area contributed by atoms with Gasteiger partial charge in [-0.3, -0.25) is 4.90 Å². The van der Waals surface area contributed by atoms with E-state index in [1.807, 2.05) is 22.9 Å². The largest absolute Gasteiger partial charge is 0.486 e. The molecule has 0 amide bonds. The van der Waals surface area contributed by atoms with E-state index in [0.29, 0.717) is 13.2 Å². The minimum absolute atomic E-state index is 0.156. The first-order chi connectivity index (χ1) is 15.2. The molecule has 0 aliphatic carbocycles. The van der Waals surface area contributed by atoms with Gasteiger partial charge in [0.05, 0.1) is 11.7 Å². The Balaban J connectivity index is 1.33. The van der Waals surface area contributed by atoms with Gasteiger partial charge in [0.2, 0.25) is 0 Å². The van der Waals surface area contributed by atoms with E-state index in [4.69, 9.17) is 9.47 Å². The van der Waals surface area contributed by atoms with Crippen molar-refractivity contribution < 1.29 is 9.47 Å². The highest BCUT2D eigenvalue weighted by molar-refractivity contribution is 5.50. The summed E-state index contributed by atoms with van der Waals surface area (Å²) < 4.78 is 13.2. The van der Waals surface area contributed by atoms with Crippen LogP contribution < -0.4 is 14.4 Å². The zero-order valence-corrected chi connectivity index (χ0v) is 18.1. The van der Waals surface area contributed by atoms with Gasteiger partial charge in [-0.05, 0) is 48.0 Å². The number of benzene rings is 2. The van der Waals surface area contributed by atoms with Crippen molar-refractivity contribution in [1.82, 2.24) is 25.1 Å². The molecule has 1 unspecified atom stereocenters. The summed E-state index contributed by atoms with van der Waals surface area (Å²) in [5, 5.41) is 12.7. The summed E-state index contributed by atoms with van der Waals surface area (Å²) in [6, 6.07) is 14.8. The molecule has 8 nitrogen and oxygen atoms in total. The second-order valence-electron chi connectivity index (χ2n) is 8.06. The Morgan fingerprint density at radius 1 is 0.903 bits per heavy atom. The van der Waals surface area contributed by atoms with Crippen molar-refractivity contribution in [3.05, 3.63) is 53.9 Å². The average Bonchev–Trinajstić information content (AvgIpc) is 3.30. The highest BCUT2D eigenvalue weighted by Gasteiger charge is 2.29. The molecular weight excluding hydrogens is 392 g/mol. The maximum Gasteiger partial charge on any atom is 0.173 e. The van der Waals surface area contributed by atoms with Gasteiger partial charge in [0.25, 0.3) is 0 Å². The zero-order chi connectivity index (χ0) is 21.2. The van der Waals surface area contributed by atoms with Crippen molar-refractivity contribution in [2.45, 2.75) is 26.3 Å². The number of aromatic nitrogens is 4. The van der Waals surface area contributed by atoms with Gasteiger partial charge in [0.15, 0.2) is 17.3 Å². The summed E-state index contributed by atoms with van der Waals surface area (Å²) >= 11 is 0. The van der Waals surface area contributed by atoms with Crippen LogP contribution in [-0.2, 0) is 0 Å². The Morgan fingerprint density at radius 2 is 1.61 bits per heavy atom. The maximum atomic E-state index is 5.74. The molecule has 2 aromatic carbocycles. The van der Waals surface area contributed by atoms with E-state index < -0.39 is 0 Å². The molecular formula is C23H28N6O2. The third kappa shape index (κ3) is 3.95. The predicted octanol–water partition coefficient (Wildman–Crippen LogP) is 3.02. The number of hydrogen-bond donors (Lipinski definition) is 0. The van der Waals surface area contributed by atoms with Crippen LogP contribution in [0.5, 0.6) is 11.5 Å². The number of nitrogens with zero attached hydrogens (tertiary/aromatic N) is 6. The van der Waals surface area contributed by atoms with Crippen molar-refractivity contribution in [2.24, 2.45) is 0 Å². The van der Waals surface area contributed by atoms with E-state index in [0.717, 1.165) is 55.6 Å². The van der Waals surface area contributed by atoms with Gasteiger partial charge < -0.3 is 14.4 Å². The van der Waals surface area contributed by atoms with Gasteiger partial charge in [-0.25, -0.2) is 0 Å². The smallest absolute Gasteiger partial charge is 0.173 e. The van der Waals surface area contributed by atoms with Crippen LogP contribution in [0.3, 0.4) is 0 Å². The summed E-state index contributed by atoms with van der Waals surface area (Å²) in [5.41, 5.74) is 3.47. The summed E-state index contributed by atoms with van der Waals surface area (Å²) in [4.78, 5) is 4.94. The fraction of sp³-hybridized carbons (Fsp3) is 0.435. The first-order valence-corrected chi connectivity index (χ1v) is 11.0. The fourth-order valence-corrected chi connectivity index (χ4v) is 4.40. The topological polar surface area (TPSA) is 68.5 Å². The molecule has 1 saturated heterocycles. The Kier molecular flexibility index (Phi) is 5.46. The number of tetrazole rings is 1. The molecule has 2 aliphatic heterocycles. The second-order valence-corrected chi connectivity index (χ2v) is 8.06. The van der Waals surface area contributed by atoms with Crippen LogP contribution in [0.25, 0.3) is 5.69 Å². The van der Waals surface area contributed by atoms with Gasteiger partial charge >= 0.3 is 0 Å². The van der Waals surface area contributed by atoms with Crippen molar-refractivity contribution in [3.63, 3.8) is 0 Å². The Labute approximate surface area is 182 Å². The van der Waals surface area contributed by atoms with Gasteiger partial charge in [-0.2, -0.15) is 4.68 Å². The Bertz CT molecular complexity index is 1030. The number of piperazine rings is 1. The number of aryl methyl sites for hydroxylation is 1. The van der Waals surface area contributed by atoms with Gasteiger partial charge in [0, 0.05) is 37.9 Å². The molecule has 1 aromatic heterocycles. The molecule has 3 aromatic rings. The molecule has 3 heterocycles. The lowest BCUT2D eigenvalue weighted by Crippen LogP contribution is -2.48. The van der Waals surface area contributed by atoms with Crippen LogP contribution in [-0.4, -0.2) is 64.5 Å². The number of rotatable bonds is 5. The molecule has 162 valence electrons. The van der Waals surface area contributed by atoms with Crippen LogP contribution in [0.2, 0.25) is 0 Å². The highest BCUT2D eigenvalue weighted by Crippen LogP contribution is 2.33. The highest BCUT2D eigenvalue weighted by atomic mass is 16.6. The molecule has 1 fully saturated rings. The molecule has 0 N–H and O–H groups in total. The summed E-state index contributed by atoms with van der Waals surface area (Å²) in [6.07, 6.45) is 0.940. The van der Waals surface area contributed by atoms with Crippen molar-refractivity contribution in [1.29, 1.82) is 0 Å². The SMILES string of the molecule is CCC(c1nnnn1-c1ccc2c(c1)OCCO2)N1CCN(c2ccc(C)cc2)CC1. The summed E-state index contributed by atoms with van der Waals surface area (Å²) in [7, 11) is 0. The van der Waals surface area contributed by atoms with Gasteiger partial charge in [-0.15, -0.1) is 5.10 Å². The fourth-order valence-electron chi connectivity index (χ4n) is 4.40. The molecule has 2 aliphatic rings. The van der Waals surface area contributed by atoms with Crippen LogP contribution in [0.1, 0.15) is 30.8 Å². The molecule has 31 heavy (non-hydrogen) atoms. The molecule has 8 heteroatoms. The minimum Gasteiger partial charge on any atom is -0.486 e. The summed E-state index contributed by atoms with van der Waals surface area (Å²) in [5.74, 6) is 2.37. The Morgan fingerprint density at radius 3 is 2.35 bits per heavy atom. The lowest BCUT2D eigenvalue weighted by molar-refractivity contribution is 0.170. The third-order valence-electron chi connectivity index (χ3n) is 6.10. The number of ether oxygens (including phenoxy) is 2. The van der Waals surface area contributed by atoms with Crippen LogP contribution >= 0.6 is 0 Å². The van der Waals surface area contributed by atoms with Crippen molar-refractivity contribution >= 4 is 5.69 Å². The zero-order valence-electron chi connectivity index (χ0n) is 18.1. The van der Waals surface area contributed by atoms with Crippen molar-refractivity contribution in [2.75, 3.05) is 44.3 Å². The third-order valence-corrected chi connectivity index (χ3v) is 6.10. The first kappa shape index (κ1) is 19.8.